The lowest BCUT2D eigenvalue weighted by Gasteiger charge is -2.17. The smallest absolute Gasteiger partial charge is 0.321 e. The maximum absolute atomic E-state index is 11.8. The van der Waals surface area contributed by atoms with Gasteiger partial charge in [-0.2, -0.15) is 0 Å². The summed E-state index contributed by atoms with van der Waals surface area (Å²) in [5.41, 5.74) is 7.31. The molecule has 0 spiro atoms. The highest BCUT2D eigenvalue weighted by atomic mass is 16.5. The molecule has 0 saturated carbocycles. The van der Waals surface area contributed by atoms with E-state index in [2.05, 4.69) is 5.32 Å². The number of nitrogens with two attached hydrogens (primary N) is 1. The van der Waals surface area contributed by atoms with Crippen molar-refractivity contribution in [3.05, 3.63) is 29.8 Å². The fourth-order valence-electron chi connectivity index (χ4n) is 1.39. The van der Waals surface area contributed by atoms with E-state index in [9.17, 15) is 4.79 Å². The van der Waals surface area contributed by atoms with Gasteiger partial charge in [0.1, 0.15) is 0 Å². The van der Waals surface area contributed by atoms with Gasteiger partial charge in [-0.3, -0.25) is 0 Å². The van der Waals surface area contributed by atoms with E-state index in [1.54, 1.807) is 11.9 Å². The Hall–Kier alpha value is -1.59. The van der Waals surface area contributed by atoms with Crippen molar-refractivity contribution in [2.75, 3.05) is 32.1 Å². The van der Waals surface area contributed by atoms with Crippen LogP contribution in [0.1, 0.15) is 12.5 Å². The first-order chi connectivity index (χ1) is 8.67. The van der Waals surface area contributed by atoms with Crippen LogP contribution in [-0.4, -0.2) is 37.7 Å². The SMILES string of the molecule is CCOCCN(C)C(=O)Nc1ccc(CN)cc1. The normalized spacial score (nSPS) is 10.2. The largest absolute Gasteiger partial charge is 0.380 e. The van der Waals surface area contributed by atoms with Gasteiger partial charge in [-0.1, -0.05) is 12.1 Å². The molecule has 0 bridgehead atoms. The van der Waals surface area contributed by atoms with E-state index in [1.807, 2.05) is 31.2 Å². The van der Waals surface area contributed by atoms with Crippen LogP contribution in [-0.2, 0) is 11.3 Å². The zero-order valence-electron chi connectivity index (χ0n) is 11.0. The van der Waals surface area contributed by atoms with Crippen molar-refractivity contribution in [1.82, 2.24) is 4.90 Å². The summed E-state index contributed by atoms with van der Waals surface area (Å²) >= 11 is 0. The average Bonchev–Trinajstić information content (AvgIpc) is 2.39. The monoisotopic (exact) mass is 251 g/mol. The van der Waals surface area contributed by atoms with E-state index >= 15 is 0 Å². The van der Waals surface area contributed by atoms with Gasteiger partial charge in [-0.05, 0) is 24.6 Å². The van der Waals surface area contributed by atoms with Crippen LogP contribution in [0.15, 0.2) is 24.3 Å². The number of nitrogens with zero attached hydrogens (tertiary/aromatic N) is 1. The Balaban J connectivity index is 2.42. The summed E-state index contributed by atoms with van der Waals surface area (Å²) < 4.78 is 5.20. The van der Waals surface area contributed by atoms with Gasteiger partial charge in [0, 0.05) is 32.4 Å². The fourth-order valence-corrected chi connectivity index (χ4v) is 1.39. The maximum Gasteiger partial charge on any atom is 0.321 e. The number of likely N-dealkylation sites (N-methyl/N-ethyl adjacent to an activating group) is 1. The molecule has 0 aromatic heterocycles. The molecule has 1 rings (SSSR count). The molecule has 3 N–H and O–H groups in total. The molecular weight excluding hydrogens is 230 g/mol. The van der Waals surface area contributed by atoms with Crippen molar-refractivity contribution in [2.24, 2.45) is 5.73 Å². The van der Waals surface area contributed by atoms with Gasteiger partial charge in [0.2, 0.25) is 0 Å². The molecule has 0 aliphatic carbocycles. The Morgan fingerprint density at radius 2 is 2.06 bits per heavy atom. The number of hydrogen-bond donors (Lipinski definition) is 2. The number of amides is 2. The van der Waals surface area contributed by atoms with Gasteiger partial charge in [0.15, 0.2) is 0 Å². The van der Waals surface area contributed by atoms with E-state index in [0.717, 1.165) is 11.3 Å². The molecule has 5 heteroatoms. The van der Waals surface area contributed by atoms with Crippen molar-refractivity contribution in [3.63, 3.8) is 0 Å². The van der Waals surface area contributed by atoms with Gasteiger partial charge in [-0.15, -0.1) is 0 Å². The third-order valence-electron chi connectivity index (χ3n) is 2.56. The minimum Gasteiger partial charge on any atom is -0.380 e. The topological polar surface area (TPSA) is 67.6 Å². The summed E-state index contributed by atoms with van der Waals surface area (Å²) in [7, 11) is 1.74. The van der Waals surface area contributed by atoms with Crippen LogP contribution >= 0.6 is 0 Å². The van der Waals surface area contributed by atoms with Crippen LogP contribution in [0, 0.1) is 0 Å². The second kappa shape index (κ2) is 7.68. The standard InChI is InChI=1S/C13H21N3O2/c1-3-18-9-8-16(2)13(17)15-12-6-4-11(10-14)5-7-12/h4-7H,3,8-10,14H2,1-2H3,(H,15,17). The van der Waals surface area contributed by atoms with E-state index in [-0.39, 0.29) is 6.03 Å². The van der Waals surface area contributed by atoms with E-state index < -0.39 is 0 Å². The van der Waals surface area contributed by atoms with E-state index in [4.69, 9.17) is 10.5 Å². The predicted octanol–water partition coefficient (Wildman–Crippen LogP) is 1.65. The Morgan fingerprint density at radius 3 is 2.61 bits per heavy atom. The molecule has 1 aromatic carbocycles. The zero-order valence-corrected chi connectivity index (χ0v) is 11.0. The number of carbonyl (C=O) groups excluding carboxylic acids is 1. The molecule has 0 aliphatic heterocycles. The average molecular weight is 251 g/mol. The number of nitrogens with one attached hydrogen (secondary N) is 1. The van der Waals surface area contributed by atoms with Crippen LogP contribution in [0.4, 0.5) is 10.5 Å². The molecule has 0 fully saturated rings. The van der Waals surface area contributed by atoms with Crippen LogP contribution in [0.3, 0.4) is 0 Å². The first-order valence-corrected chi connectivity index (χ1v) is 6.06. The summed E-state index contributed by atoms with van der Waals surface area (Å²) in [6.45, 7) is 4.21. The number of carbonyl (C=O) groups is 1. The number of urea groups is 1. The summed E-state index contributed by atoms with van der Waals surface area (Å²) in [6.07, 6.45) is 0. The van der Waals surface area contributed by atoms with Gasteiger partial charge < -0.3 is 20.7 Å². The number of benzene rings is 1. The van der Waals surface area contributed by atoms with Crippen molar-refractivity contribution in [2.45, 2.75) is 13.5 Å². The Morgan fingerprint density at radius 1 is 1.39 bits per heavy atom. The third kappa shape index (κ3) is 4.73. The van der Waals surface area contributed by atoms with Crippen molar-refractivity contribution < 1.29 is 9.53 Å². The molecular formula is C13H21N3O2. The van der Waals surface area contributed by atoms with Gasteiger partial charge in [0.05, 0.1) is 6.61 Å². The lowest BCUT2D eigenvalue weighted by molar-refractivity contribution is 0.128. The number of anilines is 1. The summed E-state index contributed by atoms with van der Waals surface area (Å²) in [6, 6.07) is 7.34. The van der Waals surface area contributed by atoms with Gasteiger partial charge >= 0.3 is 6.03 Å². The Kier molecular flexibility index (Phi) is 6.18. The minimum absolute atomic E-state index is 0.143. The van der Waals surface area contributed by atoms with Crippen LogP contribution < -0.4 is 11.1 Å². The van der Waals surface area contributed by atoms with Crippen LogP contribution in [0.5, 0.6) is 0 Å². The summed E-state index contributed by atoms with van der Waals surface area (Å²) in [4.78, 5) is 13.4. The summed E-state index contributed by atoms with van der Waals surface area (Å²) in [5, 5.41) is 2.81. The van der Waals surface area contributed by atoms with Crippen molar-refractivity contribution in [1.29, 1.82) is 0 Å². The molecule has 0 atom stereocenters. The lowest BCUT2D eigenvalue weighted by Crippen LogP contribution is -2.34. The summed E-state index contributed by atoms with van der Waals surface area (Å²) in [5.74, 6) is 0. The molecule has 2 amide bonds. The van der Waals surface area contributed by atoms with Crippen LogP contribution in [0.2, 0.25) is 0 Å². The minimum atomic E-state index is -0.143. The van der Waals surface area contributed by atoms with E-state index in [1.165, 1.54) is 0 Å². The third-order valence-corrected chi connectivity index (χ3v) is 2.56. The van der Waals surface area contributed by atoms with Crippen molar-refractivity contribution >= 4 is 11.7 Å². The lowest BCUT2D eigenvalue weighted by atomic mass is 10.2. The molecule has 1 aromatic rings. The molecule has 18 heavy (non-hydrogen) atoms. The first-order valence-electron chi connectivity index (χ1n) is 6.06. The molecule has 0 aliphatic rings. The number of ether oxygens (including phenoxy) is 1. The molecule has 5 nitrogen and oxygen atoms in total. The highest BCUT2D eigenvalue weighted by molar-refractivity contribution is 5.89. The quantitative estimate of drug-likeness (QED) is 0.755. The zero-order chi connectivity index (χ0) is 13.4. The molecule has 100 valence electrons. The van der Waals surface area contributed by atoms with Gasteiger partial charge in [-0.25, -0.2) is 4.79 Å². The Bertz CT molecular complexity index is 365. The molecule has 0 saturated heterocycles. The molecule has 0 unspecified atom stereocenters. The second-order valence-corrected chi connectivity index (χ2v) is 3.95. The number of hydrogen-bond acceptors (Lipinski definition) is 3. The van der Waals surface area contributed by atoms with E-state index in [0.29, 0.717) is 26.3 Å². The van der Waals surface area contributed by atoms with Crippen LogP contribution in [0.25, 0.3) is 0 Å². The number of rotatable bonds is 6. The molecule has 0 heterocycles. The fraction of sp³-hybridized carbons (Fsp3) is 0.462. The highest BCUT2D eigenvalue weighted by Gasteiger charge is 2.07. The Labute approximate surface area is 108 Å². The highest BCUT2D eigenvalue weighted by Crippen LogP contribution is 2.09. The first kappa shape index (κ1) is 14.5. The predicted molar refractivity (Wildman–Crippen MR) is 72.5 cm³/mol. The van der Waals surface area contributed by atoms with Gasteiger partial charge in [0.25, 0.3) is 0 Å². The van der Waals surface area contributed by atoms with Crippen molar-refractivity contribution in [3.8, 4) is 0 Å². The second-order valence-electron chi connectivity index (χ2n) is 3.95. The molecule has 0 radical (unpaired) electrons. The maximum atomic E-state index is 11.8.